The summed E-state index contributed by atoms with van der Waals surface area (Å²) in [6.45, 7) is 2.67. The second-order valence-electron chi connectivity index (χ2n) is 6.07. The summed E-state index contributed by atoms with van der Waals surface area (Å²) in [5, 5.41) is 10.4. The van der Waals surface area contributed by atoms with Crippen LogP contribution in [0.1, 0.15) is 15.9 Å². The van der Waals surface area contributed by atoms with Gasteiger partial charge in [0.15, 0.2) is 5.78 Å². The van der Waals surface area contributed by atoms with E-state index in [1.807, 2.05) is 24.3 Å². The largest absolute Gasteiger partial charge is 0.546 e. The molecule has 0 radical (unpaired) electrons. The van der Waals surface area contributed by atoms with Crippen LogP contribution in [0.2, 0.25) is 0 Å². The number of ether oxygens (including phenoxy) is 2. The zero-order valence-electron chi connectivity index (χ0n) is 14.8. The molecule has 0 bridgehead atoms. The molecule has 0 saturated carbocycles. The SMILES string of the molecule is O=C([O-])COc1ccc(/C=C/C(=O)c2ccc(N3CCOCC3)cc2)cc1. The van der Waals surface area contributed by atoms with Crippen molar-refractivity contribution >= 4 is 23.5 Å². The number of carbonyl (C=O) groups is 2. The second kappa shape index (κ2) is 9.00. The Balaban J connectivity index is 1.58. The third-order valence-corrected chi connectivity index (χ3v) is 4.19. The van der Waals surface area contributed by atoms with E-state index in [-0.39, 0.29) is 5.78 Å². The summed E-state index contributed by atoms with van der Waals surface area (Å²) < 4.78 is 10.4. The highest BCUT2D eigenvalue weighted by Gasteiger charge is 2.11. The lowest BCUT2D eigenvalue weighted by atomic mass is 10.1. The molecule has 1 fully saturated rings. The number of carbonyl (C=O) groups excluding carboxylic acids is 2. The van der Waals surface area contributed by atoms with E-state index in [0.29, 0.717) is 11.3 Å². The van der Waals surface area contributed by atoms with E-state index in [1.165, 1.54) is 6.08 Å². The number of aliphatic carboxylic acids is 1. The van der Waals surface area contributed by atoms with Crippen LogP contribution in [0.15, 0.2) is 54.6 Å². The van der Waals surface area contributed by atoms with E-state index in [1.54, 1.807) is 30.3 Å². The molecule has 27 heavy (non-hydrogen) atoms. The van der Waals surface area contributed by atoms with Crippen molar-refractivity contribution in [2.24, 2.45) is 0 Å². The van der Waals surface area contributed by atoms with Crippen molar-refractivity contribution in [3.8, 4) is 5.75 Å². The number of carboxylic acid groups (broad SMARTS) is 1. The normalized spacial score (nSPS) is 14.3. The van der Waals surface area contributed by atoms with Gasteiger partial charge in [-0.1, -0.05) is 18.2 Å². The molecule has 1 aliphatic rings. The lowest BCUT2D eigenvalue weighted by molar-refractivity contribution is -0.307. The molecule has 0 N–H and O–H groups in total. The van der Waals surface area contributed by atoms with E-state index in [0.717, 1.165) is 37.6 Å². The molecule has 3 rings (SSSR count). The lowest BCUT2D eigenvalue weighted by Gasteiger charge is -2.28. The van der Waals surface area contributed by atoms with Gasteiger partial charge in [-0.15, -0.1) is 0 Å². The van der Waals surface area contributed by atoms with Gasteiger partial charge in [-0.25, -0.2) is 0 Å². The molecule has 6 nitrogen and oxygen atoms in total. The molecule has 1 aliphatic heterocycles. The predicted molar refractivity (Wildman–Crippen MR) is 99.8 cm³/mol. The average Bonchev–Trinajstić information content (AvgIpc) is 2.72. The van der Waals surface area contributed by atoms with Gasteiger partial charge in [0, 0.05) is 24.3 Å². The fraction of sp³-hybridized carbons (Fsp3) is 0.238. The number of nitrogens with zero attached hydrogens (tertiary/aromatic N) is 1. The number of hydrogen-bond acceptors (Lipinski definition) is 6. The third kappa shape index (κ3) is 5.43. The highest BCUT2D eigenvalue weighted by Crippen LogP contribution is 2.18. The molecule has 2 aromatic carbocycles. The number of benzene rings is 2. The molecule has 0 aromatic heterocycles. The Morgan fingerprint density at radius 2 is 1.70 bits per heavy atom. The van der Waals surface area contributed by atoms with E-state index in [2.05, 4.69) is 4.90 Å². The van der Waals surface area contributed by atoms with Gasteiger partial charge < -0.3 is 24.3 Å². The number of morpholine rings is 1. The van der Waals surface area contributed by atoms with E-state index < -0.39 is 12.6 Å². The molecule has 2 aromatic rings. The van der Waals surface area contributed by atoms with Gasteiger partial charge in [0.2, 0.25) is 0 Å². The first-order valence-corrected chi connectivity index (χ1v) is 8.70. The summed E-state index contributed by atoms with van der Waals surface area (Å²) in [7, 11) is 0. The summed E-state index contributed by atoms with van der Waals surface area (Å²) in [5.74, 6) is -0.925. The maximum Gasteiger partial charge on any atom is 0.185 e. The molecule has 0 amide bonds. The monoisotopic (exact) mass is 366 g/mol. The minimum absolute atomic E-state index is 0.0826. The van der Waals surface area contributed by atoms with Crippen LogP contribution in [-0.2, 0) is 9.53 Å². The number of ketones is 1. The van der Waals surface area contributed by atoms with Crippen molar-refractivity contribution in [3.05, 3.63) is 65.7 Å². The van der Waals surface area contributed by atoms with Gasteiger partial charge >= 0.3 is 0 Å². The lowest BCUT2D eigenvalue weighted by Crippen LogP contribution is -2.36. The zero-order chi connectivity index (χ0) is 19.1. The van der Waals surface area contributed by atoms with Crippen LogP contribution in [0.3, 0.4) is 0 Å². The van der Waals surface area contributed by atoms with E-state index in [9.17, 15) is 14.7 Å². The van der Waals surface area contributed by atoms with Crippen LogP contribution in [0.4, 0.5) is 5.69 Å². The van der Waals surface area contributed by atoms with Gasteiger partial charge in [-0.05, 0) is 48.0 Å². The van der Waals surface area contributed by atoms with Crippen LogP contribution in [-0.4, -0.2) is 44.7 Å². The van der Waals surface area contributed by atoms with E-state index in [4.69, 9.17) is 9.47 Å². The van der Waals surface area contributed by atoms with Crippen LogP contribution >= 0.6 is 0 Å². The number of anilines is 1. The topological polar surface area (TPSA) is 78.9 Å². The van der Waals surface area contributed by atoms with Gasteiger partial charge in [0.25, 0.3) is 0 Å². The van der Waals surface area contributed by atoms with Gasteiger partial charge in [-0.3, -0.25) is 4.79 Å². The maximum atomic E-state index is 12.3. The average molecular weight is 366 g/mol. The maximum absolute atomic E-state index is 12.3. The minimum Gasteiger partial charge on any atom is -0.546 e. The fourth-order valence-electron chi connectivity index (χ4n) is 2.74. The standard InChI is InChI=1S/C21H21NO5/c23-20(10-3-16-1-8-19(9-2-16)27-15-21(24)25)17-4-6-18(7-5-17)22-11-13-26-14-12-22/h1-10H,11-15H2,(H,24,25)/p-1/b10-3+. The Hall–Kier alpha value is -3.12. The quantitative estimate of drug-likeness (QED) is 0.546. The van der Waals surface area contributed by atoms with Crippen molar-refractivity contribution < 1.29 is 24.2 Å². The van der Waals surface area contributed by atoms with Gasteiger partial charge in [-0.2, -0.15) is 0 Å². The summed E-state index contributed by atoms with van der Waals surface area (Å²) in [6, 6.07) is 14.3. The van der Waals surface area contributed by atoms with Crippen LogP contribution in [0, 0.1) is 0 Å². The Labute approximate surface area is 157 Å². The van der Waals surface area contributed by atoms with Crippen molar-refractivity contribution in [1.29, 1.82) is 0 Å². The zero-order valence-corrected chi connectivity index (χ0v) is 14.8. The number of allylic oxidation sites excluding steroid dienone is 1. The molecular weight excluding hydrogens is 346 g/mol. The van der Waals surface area contributed by atoms with Crippen LogP contribution in [0.25, 0.3) is 6.08 Å². The van der Waals surface area contributed by atoms with Crippen LogP contribution in [0.5, 0.6) is 5.75 Å². The first-order chi connectivity index (χ1) is 13.1. The molecule has 1 heterocycles. The molecule has 6 heteroatoms. The van der Waals surface area contributed by atoms with Crippen molar-refractivity contribution in [2.45, 2.75) is 0 Å². The Morgan fingerprint density at radius 3 is 2.33 bits per heavy atom. The highest BCUT2D eigenvalue weighted by atomic mass is 16.5. The summed E-state index contributed by atoms with van der Waals surface area (Å²) >= 11 is 0. The van der Waals surface area contributed by atoms with Crippen molar-refractivity contribution in [1.82, 2.24) is 0 Å². The third-order valence-electron chi connectivity index (χ3n) is 4.19. The molecule has 0 spiro atoms. The van der Waals surface area contributed by atoms with E-state index >= 15 is 0 Å². The number of rotatable bonds is 7. The Morgan fingerprint density at radius 1 is 1.04 bits per heavy atom. The fourth-order valence-corrected chi connectivity index (χ4v) is 2.74. The first-order valence-electron chi connectivity index (χ1n) is 8.70. The van der Waals surface area contributed by atoms with Gasteiger partial charge in [0.1, 0.15) is 12.4 Å². The Kier molecular flexibility index (Phi) is 6.22. The smallest absolute Gasteiger partial charge is 0.185 e. The molecule has 0 atom stereocenters. The second-order valence-corrected chi connectivity index (χ2v) is 6.07. The first kappa shape index (κ1) is 18.7. The Bertz CT molecular complexity index is 805. The summed E-state index contributed by atoms with van der Waals surface area (Å²) in [4.78, 5) is 24.9. The van der Waals surface area contributed by atoms with Gasteiger partial charge in [0.05, 0.1) is 19.2 Å². The molecule has 1 saturated heterocycles. The van der Waals surface area contributed by atoms with Crippen molar-refractivity contribution in [3.63, 3.8) is 0 Å². The molecule has 140 valence electrons. The number of carboxylic acids is 1. The summed E-state index contributed by atoms with van der Waals surface area (Å²) in [5.41, 5.74) is 2.53. The molecule has 0 unspecified atom stereocenters. The molecular formula is C21H20NO5-. The summed E-state index contributed by atoms with van der Waals surface area (Å²) in [6.07, 6.45) is 3.22. The minimum atomic E-state index is -1.27. The predicted octanol–water partition coefficient (Wildman–Crippen LogP) is 1.55. The van der Waals surface area contributed by atoms with Crippen molar-refractivity contribution in [2.75, 3.05) is 37.8 Å². The van der Waals surface area contributed by atoms with Crippen LogP contribution < -0.4 is 14.7 Å². The highest BCUT2D eigenvalue weighted by molar-refractivity contribution is 6.07. The molecule has 0 aliphatic carbocycles. The number of hydrogen-bond donors (Lipinski definition) is 0.